The molecule has 1 N–H and O–H groups in total. The number of nitrogens with zero attached hydrogens (tertiary/aromatic N) is 2. The van der Waals surface area contributed by atoms with Crippen LogP contribution in [0.25, 0.3) is 0 Å². The maximum Gasteiger partial charge on any atom is 0.0620 e. The lowest BCUT2D eigenvalue weighted by Gasteiger charge is -2.26. The molecule has 3 rings (SSSR count). The molecule has 0 unspecified atom stereocenters. The van der Waals surface area contributed by atoms with E-state index in [2.05, 4.69) is 28.3 Å². The quantitative estimate of drug-likeness (QED) is 0.890. The Kier molecular flexibility index (Phi) is 4.11. The van der Waals surface area contributed by atoms with Crippen LogP contribution in [0.1, 0.15) is 24.4 Å². The van der Waals surface area contributed by atoms with Crippen molar-refractivity contribution in [3.63, 3.8) is 0 Å². The molecule has 0 aromatic carbocycles. The molecule has 0 bridgehead atoms. The Bertz CT molecular complexity index is 392. The summed E-state index contributed by atoms with van der Waals surface area (Å²) in [5.74, 6) is 0.676. The number of nitrogens with one attached hydrogen (secondary N) is 1. The molecule has 2 aliphatic rings. The van der Waals surface area contributed by atoms with Crippen LogP contribution in [0.4, 0.5) is 0 Å². The summed E-state index contributed by atoms with van der Waals surface area (Å²) >= 11 is 0. The Morgan fingerprint density at radius 3 is 3.16 bits per heavy atom. The van der Waals surface area contributed by atoms with Crippen LogP contribution in [0.15, 0.2) is 24.5 Å². The predicted octanol–water partition coefficient (Wildman–Crippen LogP) is 1.45. The lowest BCUT2D eigenvalue weighted by molar-refractivity contribution is 0.188. The Labute approximate surface area is 115 Å². The molecule has 0 saturated carbocycles. The average Bonchev–Trinajstić information content (AvgIpc) is 3.07. The normalized spacial score (nSPS) is 31.9. The Balaban J connectivity index is 1.63. The van der Waals surface area contributed by atoms with Crippen molar-refractivity contribution in [2.45, 2.75) is 24.9 Å². The molecule has 0 spiro atoms. The fourth-order valence-electron chi connectivity index (χ4n) is 3.33. The summed E-state index contributed by atoms with van der Waals surface area (Å²) in [5, 5.41) is 3.67. The summed E-state index contributed by atoms with van der Waals surface area (Å²) in [6.45, 7) is 4.04. The predicted molar refractivity (Wildman–Crippen MR) is 74.9 cm³/mol. The minimum absolute atomic E-state index is 0.503. The molecular weight excluding hydrogens is 238 g/mol. The maximum atomic E-state index is 5.42. The first-order valence-electron chi connectivity index (χ1n) is 7.26. The highest BCUT2D eigenvalue weighted by atomic mass is 16.5. The van der Waals surface area contributed by atoms with Crippen molar-refractivity contribution in [1.29, 1.82) is 0 Å². The van der Waals surface area contributed by atoms with Gasteiger partial charge in [0.1, 0.15) is 0 Å². The monoisotopic (exact) mass is 261 g/mol. The molecule has 3 atom stereocenters. The lowest BCUT2D eigenvalue weighted by atomic mass is 9.94. The van der Waals surface area contributed by atoms with Gasteiger partial charge in [0.15, 0.2) is 0 Å². The van der Waals surface area contributed by atoms with Crippen molar-refractivity contribution >= 4 is 0 Å². The highest BCUT2D eigenvalue weighted by Gasteiger charge is 2.33. The fraction of sp³-hybridized carbons (Fsp3) is 0.667. The zero-order valence-electron chi connectivity index (χ0n) is 11.6. The topological polar surface area (TPSA) is 37.4 Å². The Morgan fingerprint density at radius 2 is 2.42 bits per heavy atom. The number of likely N-dealkylation sites (tertiary alicyclic amines) is 1. The lowest BCUT2D eigenvalue weighted by Crippen LogP contribution is -2.35. The van der Waals surface area contributed by atoms with Gasteiger partial charge in [-0.2, -0.15) is 0 Å². The summed E-state index contributed by atoms with van der Waals surface area (Å²) in [4.78, 5) is 6.72. The molecule has 2 aliphatic heterocycles. The summed E-state index contributed by atoms with van der Waals surface area (Å²) in [7, 11) is 2.22. The van der Waals surface area contributed by atoms with Crippen LogP contribution in [-0.2, 0) is 4.74 Å². The van der Waals surface area contributed by atoms with Crippen LogP contribution in [0.3, 0.4) is 0 Å². The van der Waals surface area contributed by atoms with E-state index in [-0.39, 0.29) is 0 Å². The summed E-state index contributed by atoms with van der Waals surface area (Å²) < 4.78 is 5.42. The van der Waals surface area contributed by atoms with Gasteiger partial charge in [-0.15, -0.1) is 0 Å². The standard InChI is InChI=1S/C15H23N3O/c1-18-7-4-13(10-17-14-5-8-19-11-14)15(18)12-3-2-6-16-9-12/h2-3,6,9,13-15,17H,4-5,7-8,10-11H2,1H3/t13-,14-,15-/m0/s1. The third kappa shape index (κ3) is 2.96. The number of pyridine rings is 1. The first-order valence-corrected chi connectivity index (χ1v) is 7.26. The molecule has 2 saturated heterocycles. The van der Waals surface area contributed by atoms with E-state index in [1.165, 1.54) is 18.5 Å². The number of aromatic nitrogens is 1. The smallest absolute Gasteiger partial charge is 0.0620 e. The highest BCUT2D eigenvalue weighted by molar-refractivity contribution is 5.17. The first kappa shape index (κ1) is 13.0. The number of hydrogen-bond donors (Lipinski definition) is 1. The van der Waals surface area contributed by atoms with Crippen molar-refractivity contribution < 1.29 is 4.74 Å². The molecule has 0 radical (unpaired) electrons. The minimum atomic E-state index is 0.503. The zero-order chi connectivity index (χ0) is 13.1. The van der Waals surface area contributed by atoms with Gasteiger partial charge >= 0.3 is 0 Å². The van der Waals surface area contributed by atoms with Crippen molar-refractivity contribution in [2.24, 2.45) is 5.92 Å². The summed E-state index contributed by atoms with van der Waals surface area (Å²) in [5.41, 5.74) is 1.34. The third-order valence-electron chi connectivity index (χ3n) is 4.40. The zero-order valence-corrected chi connectivity index (χ0v) is 11.6. The summed E-state index contributed by atoms with van der Waals surface area (Å²) in [6, 6.07) is 5.30. The first-order chi connectivity index (χ1) is 9.34. The highest BCUT2D eigenvalue weighted by Crippen LogP contribution is 2.35. The van der Waals surface area contributed by atoms with Gasteiger partial charge in [0.25, 0.3) is 0 Å². The fourth-order valence-corrected chi connectivity index (χ4v) is 3.33. The van der Waals surface area contributed by atoms with E-state index < -0.39 is 0 Å². The van der Waals surface area contributed by atoms with E-state index >= 15 is 0 Å². The minimum Gasteiger partial charge on any atom is -0.380 e. The molecule has 4 nitrogen and oxygen atoms in total. The van der Waals surface area contributed by atoms with Crippen LogP contribution in [0, 0.1) is 5.92 Å². The van der Waals surface area contributed by atoms with Gasteiger partial charge in [-0.1, -0.05) is 6.07 Å². The van der Waals surface area contributed by atoms with Crippen molar-refractivity contribution in [3.8, 4) is 0 Å². The molecule has 2 fully saturated rings. The average molecular weight is 261 g/mol. The summed E-state index contributed by atoms with van der Waals surface area (Å²) in [6.07, 6.45) is 6.27. The largest absolute Gasteiger partial charge is 0.380 e. The van der Waals surface area contributed by atoms with E-state index in [0.717, 1.165) is 26.2 Å². The van der Waals surface area contributed by atoms with E-state index in [9.17, 15) is 0 Å². The van der Waals surface area contributed by atoms with Crippen molar-refractivity contribution in [3.05, 3.63) is 30.1 Å². The maximum absolute atomic E-state index is 5.42. The molecule has 19 heavy (non-hydrogen) atoms. The van der Waals surface area contributed by atoms with Gasteiger partial charge in [-0.25, -0.2) is 0 Å². The number of ether oxygens (including phenoxy) is 1. The van der Waals surface area contributed by atoms with Gasteiger partial charge in [-0.3, -0.25) is 9.88 Å². The van der Waals surface area contributed by atoms with Crippen LogP contribution in [-0.4, -0.2) is 49.3 Å². The second-order valence-electron chi connectivity index (χ2n) is 5.73. The number of hydrogen-bond acceptors (Lipinski definition) is 4. The third-order valence-corrected chi connectivity index (χ3v) is 4.40. The van der Waals surface area contributed by atoms with Crippen LogP contribution >= 0.6 is 0 Å². The molecule has 0 amide bonds. The molecule has 104 valence electrons. The molecule has 4 heteroatoms. The van der Waals surface area contributed by atoms with Crippen LogP contribution in [0.2, 0.25) is 0 Å². The van der Waals surface area contributed by atoms with E-state index in [4.69, 9.17) is 4.74 Å². The molecule has 1 aromatic rings. The molecular formula is C15H23N3O. The second kappa shape index (κ2) is 5.99. The van der Waals surface area contributed by atoms with Gasteiger partial charge in [0, 0.05) is 37.6 Å². The number of rotatable bonds is 4. The van der Waals surface area contributed by atoms with Crippen molar-refractivity contribution in [2.75, 3.05) is 33.4 Å². The Hall–Kier alpha value is -0.970. The van der Waals surface area contributed by atoms with Crippen LogP contribution in [0.5, 0.6) is 0 Å². The molecule has 0 aliphatic carbocycles. The van der Waals surface area contributed by atoms with Gasteiger partial charge < -0.3 is 10.1 Å². The van der Waals surface area contributed by atoms with Gasteiger partial charge in [0.2, 0.25) is 0 Å². The molecule has 3 heterocycles. The Morgan fingerprint density at radius 1 is 1.47 bits per heavy atom. The van der Waals surface area contributed by atoms with E-state index in [1.54, 1.807) is 0 Å². The van der Waals surface area contributed by atoms with Gasteiger partial charge in [-0.05, 0) is 44.0 Å². The van der Waals surface area contributed by atoms with Gasteiger partial charge in [0.05, 0.1) is 6.61 Å². The van der Waals surface area contributed by atoms with E-state index in [0.29, 0.717) is 18.0 Å². The SMILES string of the molecule is CN1CC[C@@H](CN[C@H]2CCOC2)[C@@H]1c1cccnc1. The van der Waals surface area contributed by atoms with Crippen LogP contribution < -0.4 is 5.32 Å². The second-order valence-corrected chi connectivity index (χ2v) is 5.73. The van der Waals surface area contributed by atoms with E-state index in [1.807, 2.05) is 18.5 Å². The van der Waals surface area contributed by atoms with Crippen molar-refractivity contribution in [1.82, 2.24) is 15.2 Å². The molecule has 1 aromatic heterocycles.